The Kier molecular flexibility index (Phi) is 5.87. The van der Waals surface area contributed by atoms with Crippen LogP contribution in [0.4, 0.5) is 0 Å². The predicted octanol–water partition coefficient (Wildman–Crippen LogP) is 3.57. The fourth-order valence-electron chi connectivity index (χ4n) is 3.02. The molecule has 0 bridgehead atoms. The average molecular weight is 349 g/mol. The second-order valence-corrected chi connectivity index (χ2v) is 6.15. The molecule has 4 heteroatoms. The van der Waals surface area contributed by atoms with Gasteiger partial charge in [0.2, 0.25) is 0 Å². The Bertz CT molecular complexity index is 877. The molecule has 0 radical (unpaired) electrons. The third-order valence-electron chi connectivity index (χ3n) is 4.23. The number of hydrogen-bond donors (Lipinski definition) is 2. The highest BCUT2D eigenvalue weighted by molar-refractivity contribution is 6.09. The van der Waals surface area contributed by atoms with Crippen molar-refractivity contribution in [3.63, 3.8) is 0 Å². The quantitative estimate of drug-likeness (QED) is 0.685. The summed E-state index contributed by atoms with van der Waals surface area (Å²) >= 11 is 0. The summed E-state index contributed by atoms with van der Waals surface area (Å²) in [7, 11) is 0. The highest BCUT2D eigenvalue weighted by atomic mass is 16.5. The highest BCUT2D eigenvalue weighted by Gasteiger charge is 2.17. The number of fused-ring (bicyclic) bond motifs is 1. The Morgan fingerprint density at radius 1 is 1.04 bits per heavy atom. The van der Waals surface area contributed by atoms with E-state index in [2.05, 4.69) is 5.32 Å². The average Bonchev–Trinajstić information content (AvgIpc) is 2.67. The molecule has 0 aliphatic rings. The molecule has 26 heavy (non-hydrogen) atoms. The van der Waals surface area contributed by atoms with Crippen LogP contribution in [0, 0.1) is 0 Å². The van der Waals surface area contributed by atoms with Gasteiger partial charge >= 0.3 is 0 Å². The van der Waals surface area contributed by atoms with Crippen LogP contribution in [-0.4, -0.2) is 30.3 Å². The standard InChI is InChI=1S/C22H23NO3/c1-2-26-20-13-12-17-10-6-7-11-19(17)21(20)22(25)23-15-18(24)14-16-8-4-3-5-9-16/h3-13,18,24H,2,14-15H2,1H3,(H,23,25)/t18-/m0/s1. The summed E-state index contributed by atoms with van der Waals surface area (Å²) in [5, 5.41) is 14.9. The van der Waals surface area contributed by atoms with Crippen LogP contribution < -0.4 is 10.1 Å². The lowest BCUT2D eigenvalue weighted by atomic mass is 10.0. The summed E-state index contributed by atoms with van der Waals surface area (Å²) in [6, 6.07) is 21.2. The molecule has 0 aliphatic carbocycles. The van der Waals surface area contributed by atoms with Gasteiger partial charge in [-0.25, -0.2) is 0 Å². The minimum atomic E-state index is -0.646. The molecule has 0 aliphatic heterocycles. The molecular weight excluding hydrogens is 326 g/mol. The van der Waals surface area contributed by atoms with Gasteiger partial charge in [-0.3, -0.25) is 4.79 Å². The summed E-state index contributed by atoms with van der Waals surface area (Å²) in [5.74, 6) is 0.318. The van der Waals surface area contributed by atoms with E-state index in [1.165, 1.54) is 0 Å². The first-order chi connectivity index (χ1) is 12.7. The summed E-state index contributed by atoms with van der Waals surface area (Å²) in [6.07, 6.45) is -0.151. The minimum absolute atomic E-state index is 0.183. The molecule has 0 spiro atoms. The Balaban J connectivity index is 1.75. The van der Waals surface area contributed by atoms with Crippen LogP contribution in [0.25, 0.3) is 10.8 Å². The maximum absolute atomic E-state index is 12.8. The highest BCUT2D eigenvalue weighted by Crippen LogP contribution is 2.28. The maximum atomic E-state index is 12.8. The predicted molar refractivity (Wildman–Crippen MR) is 104 cm³/mol. The van der Waals surface area contributed by atoms with E-state index in [9.17, 15) is 9.90 Å². The molecule has 134 valence electrons. The SMILES string of the molecule is CCOc1ccc2ccccc2c1C(=O)NC[C@@H](O)Cc1ccccc1. The Morgan fingerprint density at radius 3 is 2.54 bits per heavy atom. The molecule has 0 heterocycles. The van der Waals surface area contributed by atoms with Crippen molar-refractivity contribution < 1.29 is 14.6 Å². The van der Waals surface area contributed by atoms with Crippen molar-refractivity contribution in [1.82, 2.24) is 5.32 Å². The lowest BCUT2D eigenvalue weighted by molar-refractivity contribution is 0.0914. The van der Waals surface area contributed by atoms with Gasteiger partial charge < -0.3 is 15.2 Å². The van der Waals surface area contributed by atoms with E-state index in [-0.39, 0.29) is 12.5 Å². The van der Waals surface area contributed by atoms with Crippen molar-refractivity contribution in [3.05, 3.63) is 77.9 Å². The number of carbonyl (C=O) groups excluding carboxylic acids is 1. The number of benzene rings is 3. The van der Waals surface area contributed by atoms with E-state index >= 15 is 0 Å². The number of amides is 1. The molecule has 1 atom stereocenters. The molecule has 1 amide bonds. The topological polar surface area (TPSA) is 58.6 Å². The molecule has 0 unspecified atom stereocenters. The molecular formula is C22H23NO3. The zero-order chi connectivity index (χ0) is 18.4. The number of carbonyl (C=O) groups is 1. The first-order valence-corrected chi connectivity index (χ1v) is 8.83. The molecule has 3 aromatic carbocycles. The first kappa shape index (κ1) is 18.0. The number of ether oxygens (including phenoxy) is 1. The Hall–Kier alpha value is -2.85. The molecule has 0 fully saturated rings. The zero-order valence-corrected chi connectivity index (χ0v) is 14.8. The van der Waals surface area contributed by atoms with Crippen molar-refractivity contribution >= 4 is 16.7 Å². The molecule has 0 aromatic heterocycles. The van der Waals surface area contributed by atoms with E-state index in [1.807, 2.05) is 73.7 Å². The molecule has 0 saturated carbocycles. The van der Waals surface area contributed by atoms with Gasteiger partial charge in [0, 0.05) is 13.0 Å². The van der Waals surface area contributed by atoms with E-state index in [4.69, 9.17) is 4.74 Å². The van der Waals surface area contributed by atoms with E-state index in [0.29, 0.717) is 24.3 Å². The van der Waals surface area contributed by atoms with Crippen LogP contribution in [0.2, 0.25) is 0 Å². The Labute approximate surface area is 153 Å². The molecule has 3 rings (SSSR count). The first-order valence-electron chi connectivity index (χ1n) is 8.83. The van der Waals surface area contributed by atoms with Crippen molar-refractivity contribution in [2.45, 2.75) is 19.4 Å². The minimum Gasteiger partial charge on any atom is -0.493 e. The zero-order valence-electron chi connectivity index (χ0n) is 14.8. The van der Waals surface area contributed by atoms with Crippen LogP contribution in [-0.2, 0) is 6.42 Å². The number of rotatable bonds is 7. The van der Waals surface area contributed by atoms with Gasteiger partial charge in [-0.2, -0.15) is 0 Å². The lowest BCUT2D eigenvalue weighted by Gasteiger charge is -2.15. The van der Waals surface area contributed by atoms with E-state index in [1.54, 1.807) is 0 Å². The summed E-state index contributed by atoms with van der Waals surface area (Å²) in [5.41, 5.74) is 1.55. The normalized spacial score (nSPS) is 11.9. The van der Waals surface area contributed by atoms with Crippen LogP contribution in [0.1, 0.15) is 22.8 Å². The van der Waals surface area contributed by atoms with E-state index in [0.717, 1.165) is 16.3 Å². The third-order valence-corrected chi connectivity index (χ3v) is 4.23. The van der Waals surface area contributed by atoms with Gasteiger partial charge in [-0.15, -0.1) is 0 Å². The molecule has 2 N–H and O–H groups in total. The van der Waals surface area contributed by atoms with Gasteiger partial charge in [-0.1, -0.05) is 60.7 Å². The van der Waals surface area contributed by atoms with Gasteiger partial charge in [0.1, 0.15) is 5.75 Å². The molecule has 0 saturated heterocycles. The van der Waals surface area contributed by atoms with Gasteiger partial charge in [-0.05, 0) is 29.3 Å². The monoisotopic (exact) mass is 349 g/mol. The molecule has 3 aromatic rings. The number of aliphatic hydroxyl groups excluding tert-OH is 1. The van der Waals surface area contributed by atoms with Crippen molar-refractivity contribution in [2.24, 2.45) is 0 Å². The smallest absolute Gasteiger partial charge is 0.255 e. The summed E-state index contributed by atoms with van der Waals surface area (Å²) in [4.78, 5) is 12.8. The largest absolute Gasteiger partial charge is 0.493 e. The van der Waals surface area contributed by atoms with Gasteiger partial charge in [0.05, 0.1) is 18.3 Å². The van der Waals surface area contributed by atoms with Crippen LogP contribution in [0.3, 0.4) is 0 Å². The fraction of sp³-hybridized carbons (Fsp3) is 0.227. The number of nitrogens with one attached hydrogen (secondary N) is 1. The maximum Gasteiger partial charge on any atom is 0.255 e. The second kappa shape index (κ2) is 8.50. The third kappa shape index (κ3) is 4.21. The van der Waals surface area contributed by atoms with Crippen molar-refractivity contribution in [2.75, 3.05) is 13.2 Å². The lowest BCUT2D eigenvalue weighted by Crippen LogP contribution is -2.33. The van der Waals surface area contributed by atoms with E-state index < -0.39 is 6.10 Å². The van der Waals surface area contributed by atoms with Crippen molar-refractivity contribution in [3.8, 4) is 5.75 Å². The van der Waals surface area contributed by atoms with Crippen LogP contribution >= 0.6 is 0 Å². The summed E-state index contributed by atoms with van der Waals surface area (Å²) < 4.78 is 5.65. The van der Waals surface area contributed by atoms with Crippen molar-refractivity contribution in [1.29, 1.82) is 0 Å². The van der Waals surface area contributed by atoms with Crippen LogP contribution in [0.5, 0.6) is 5.75 Å². The fourth-order valence-corrected chi connectivity index (χ4v) is 3.02. The van der Waals surface area contributed by atoms with Gasteiger partial charge in [0.15, 0.2) is 0 Å². The second-order valence-electron chi connectivity index (χ2n) is 6.15. The van der Waals surface area contributed by atoms with Crippen LogP contribution in [0.15, 0.2) is 66.7 Å². The Morgan fingerprint density at radius 2 is 1.77 bits per heavy atom. The number of aliphatic hydroxyl groups is 1. The number of hydrogen-bond acceptors (Lipinski definition) is 3. The summed E-state index contributed by atoms with van der Waals surface area (Å²) in [6.45, 7) is 2.55. The van der Waals surface area contributed by atoms with Gasteiger partial charge in [0.25, 0.3) is 5.91 Å². The molecule has 4 nitrogen and oxygen atoms in total.